The van der Waals surface area contributed by atoms with E-state index in [4.69, 9.17) is 0 Å². The summed E-state index contributed by atoms with van der Waals surface area (Å²) in [5.74, 6) is -0.964. The van der Waals surface area contributed by atoms with Gasteiger partial charge in [-0.15, -0.1) is 13.2 Å². The first-order valence-electron chi connectivity index (χ1n) is 4.63. The molecule has 3 nitrogen and oxygen atoms in total. The molecule has 94 valence electrons. The van der Waals surface area contributed by atoms with Crippen molar-refractivity contribution in [3.63, 3.8) is 0 Å². The maximum absolute atomic E-state index is 12.1. The topological polar surface area (TPSA) is 38.3 Å². The Morgan fingerprint density at radius 2 is 2.00 bits per heavy atom. The molecule has 1 aromatic carbocycles. The summed E-state index contributed by atoms with van der Waals surface area (Å²) in [5.41, 5.74) is -0.0456. The first kappa shape index (κ1) is 13.7. The van der Waals surface area contributed by atoms with E-state index in [9.17, 15) is 18.0 Å². The molecule has 0 aliphatic carbocycles. The first-order valence-corrected chi connectivity index (χ1v) is 5.15. The van der Waals surface area contributed by atoms with Crippen LogP contribution in [0.4, 0.5) is 18.9 Å². The molecule has 1 amide bonds. The predicted molar refractivity (Wildman–Crippen MR) is 60.2 cm³/mol. The normalized spacial score (nSPS) is 13.0. The monoisotopic (exact) mass is 265 g/mol. The van der Waals surface area contributed by atoms with Crippen LogP contribution in [0.5, 0.6) is 5.75 Å². The molecule has 1 aromatic rings. The van der Waals surface area contributed by atoms with Gasteiger partial charge in [0, 0.05) is 0 Å². The van der Waals surface area contributed by atoms with Crippen molar-refractivity contribution in [2.45, 2.75) is 18.5 Å². The molecular weight excluding hydrogens is 255 g/mol. The number of rotatable bonds is 3. The van der Waals surface area contributed by atoms with E-state index < -0.39 is 23.3 Å². The van der Waals surface area contributed by atoms with Crippen molar-refractivity contribution in [2.24, 2.45) is 0 Å². The minimum atomic E-state index is -4.80. The van der Waals surface area contributed by atoms with Crippen molar-refractivity contribution in [3.05, 3.63) is 24.3 Å². The zero-order chi connectivity index (χ0) is 13.1. The lowest BCUT2D eigenvalue weighted by Crippen LogP contribution is -2.22. The predicted octanol–water partition coefficient (Wildman–Crippen LogP) is 2.84. The Bertz CT molecular complexity index is 407. The third-order valence-corrected chi connectivity index (χ3v) is 1.98. The van der Waals surface area contributed by atoms with Gasteiger partial charge in [-0.05, 0) is 19.1 Å². The van der Waals surface area contributed by atoms with Crippen LogP contribution >= 0.6 is 12.6 Å². The number of thiol groups is 1. The number of ether oxygens (including phenoxy) is 1. The molecule has 0 aliphatic rings. The van der Waals surface area contributed by atoms with Crippen LogP contribution in [0.15, 0.2) is 24.3 Å². The third-order valence-electron chi connectivity index (χ3n) is 1.75. The Morgan fingerprint density at radius 1 is 1.41 bits per heavy atom. The van der Waals surface area contributed by atoms with Crippen molar-refractivity contribution < 1.29 is 22.7 Å². The third kappa shape index (κ3) is 4.56. The van der Waals surface area contributed by atoms with Gasteiger partial charge in [-0.3, -0.25) is 4.79 Å². The zero-order valence-corrected chi connectivity index (χ0v) is 9.68. The van der Waals surface area contributed by atoms with E-state index in [1.807, 2.05) is 0 Å². The van der Waals surface area contributed by atoms with Crippen LogP contribution in [0.25, 0.3) is 0 Å². The number of nitrogens with one attached hydrogen (secondary N) is 1. The minimum absolute atomic E-state index is 0.0456. The molecule has 1 unspecified atom stereocenters. The summed E-state index contributed by atoms with van der Waals surface area (Å²) in [7, 11) is 0. The summed E-state index contributed by atoms with van der Waals surface area (Å²) in [6.07, 6.45) is -4.80. The van der Waals surface area contributed by atoms with Crippen LogP contribution in [0.3, 0.4) is 0 Å². The van der Waals surface area contributed by atoms with Crippen LogP contribution in [-0.4, -0.2) is 17.5 Å². The number of hydrogen-bond donors (Lipinski definition) is 2. The van der Waals surface area contributed by atoms with E-state index in [2.05, 4.69) is 22.7 Å². The van der Waals surface area contributed by atoms with Crippen molar-refractivity contribution in [1.82, 2.24) is 0 Å². The molecule has 0 aromatic heterocycles. The Morgan fingerprint density at radius 3 is 2.53 bits per heavy atom. The second kappa shape index (κ2) is 5.31. The second-order valence-corrected chi connectivity index (χ2v) is 3.98. The highest BCUT2D eigenvalue weighted by Gasteiger charge is 2.32. The second-order valence-electron chi connectivity index (χ2n) is 3.21. The molecule has 0 heterocycles. The van der Waals surface area contributed by atoms with Crippen LogP contribution < -0.4 is 10.1 Å². The van der Waals surface area contributed by atoms with Crippen LogP contribution in [0, 0.1) is 0 Å². The Kier molecular flexibility index (Phi) is 4.28. The van der Waals surface area contributed by atoms with E-state index in [0.717, 1.165) is 6.07 Å². The lowest BCUT2D eigenvalue weighted by Gasteiger charge is -2.14. The quantitative estimate of drug-likeness (QED) is 0.825. The highest BCUT2D eigenvalue weighted by atomic mass is 32.1. The molecule has 17 heavy (non-hydrogen) atoms. The van der Waals surface area contributed by atoms with Crippen molar-refractivity contribution in [1.29, 1.82) is 0 Å². The van der Waals surface area contributed by atoms with Gasteiger partial charge in [-0.1, -0.05) is 12.1 Å². The maximum Gasteiger partial charge on any atom is 0.573 e. The van der Waals surface area contributed by atoms with Crippen molar-refractivity contribution in [3.8, 4) is 5.75 Å². The van der Waals surface area contributed by atoms with Gasteiger partial charge in [0.1, 0.15) is 0 Å². The minimum Gasteiger partial charge on any atom is -0.404 e. The summed E-state index contributed by atoms with van der Waals surface area (Å²) in [6.45, 7) is 1.51. The average molecular weight is 265 g/mol. The SMILES string of the molecule is CC(S)C(=O)Nc1ccccc1OC(F)(F)F. The number of benzene rings is 1. The zero-order valence-electron chi connectivity index (χ0n) is 8.78. The molecular formula is C10H10F3NO2S. The largest absolute Gasteiger partial charge is 0.573 e. The molecule has 0 spiro atoms. The molecule has 1 N–H and O–H groups in total. The van der Waals surface area contributed by atoms with Gasteiger partial charge in [-0.2, -0.15) is 12.6 Å². The number of para-hydroxylation sites is 2. The van der Waals surface area contributed by atoms with E-state index in [-0.39, 0.29) is 5.69 Å². The fourth-order valence-electron chi connectivity index (χ4n) is 1.02. The molecule has 0 fully saturated rings. The smallest absolute Gasteiger partial charge is 0.404 e. The number of anilines is 1. The number of halogens is 3. The number of amides is 1. The average Bonchev–Trinajstić information content (AvgIpc) is 2.18. The fourth-order valence-corrected chi connectivity index (χ4v) is 1.09. The van der Waals surface area contributed by atoms with Crippen LogP contribution in [0.2, 0.25) is 0 Å². The number of carbonyl (C=O) groups excluding carboxylic acids is 1. The maximum atomic E-state index is 12.1. The molecule has 1 rings (SSSR count). The van der Waals surface area contributed by atoms with Gasteiger partial charge < -0.3 is 10.1 Å². The molecule has 1 atom stereocenters. The van der Waals surface area contributed by atoms with E-state index in [0.29, 0.717) is 0 Å². The Hall–Kier alpha value is -1.37. The van der Waals surface area contributed by atoms with Gasteiger partial charge in [-0.25, -0.2) is 0 Å². The first-order chi connectivity index (χ1) is 7.79. The lowest BCUT2D eigenvalue weighted by atomic mass is 10.3. The number of hydrogen-bond acceptors (Lipinski definition) is 3. The summed E-state index contributed by atoms with van der Waals surface area (Å²) in [6, 6.07) is 5.30. The van der Waals surface area contributed by atoms with Gasteiger partial charge in [0.25, 0.3) is 0 Å². The molecule has 0 bridgehead atoms. The van der Waals surface area contributed by atoms with Gasteiger partial charge >= 0.3 is 6.36 Å². The summed E-state index contributed by atoms with van der Waals surface area (Å²) >= 11 is 3.87. The molecule has 0 saturated heterocycles. The van der Waals surface area contributed by atoms with Crippen molar-refractivity contribution in [2.75, 3.05) is 5.32 Å². The summed E-state index contributed by atoms with van der Waals surface area (Å²) < 4.78 is 40.0. The van der Waals surface area contributed by atoms with Crippen molar-refractivity contribution >= 4 is 24.2 Å². The molecule has 0 radical (unpaired) electrons. The van der Waals surface area contributed by atoms with E-state index in [1.54, 1.807) is 0 Å². The van der Waals surface area contributed by atoms with Crippen LogP contribution in [-0.2, 0) is 4.79 Å². The van der Waals surface area contributed by atoms with E-state index >= 15 is 0 Å². The molecule has 7 heteroatoms. The van der Waals surface area contributed by atoms with Crippen LogP contribution in [0.1, 0.15) is 6.92 Å². The van der Waals surface area contributed by atoms with E-state index in [1.165, 1.54) is 25.1 Å². The van der Waals surface area contributed by atoms with Gasteiger partial charge in [0.2, 0.25) is 5.91 Å². The highest BCUT2D eigenvalue weighted by Crippen LogP contribution is 2.29. The Balaban J connectivity index is 2.89. The molecule has 0 saturated carbocycles. The number of carbonyl (C=O) groups is 1. The standard InChI is InChI=1S/C10H10F3NO2S/c1-6(17)9(15)14-7-4-2-3-5-8(7)16-10(11,12)13/h2-6,17H,1H3,(H,14,15). The number of alkyl halides is 3. The van der Waals surface area contributed by atoms with Gasteiger partial charge in [0.05, 0.1) is 10.9 Å². The van der Waals surface area contributed by atoms with Gasteiger partial charge in [0.15, 0.2) is 5.75 Å². The molecule has 0 aliphatic heterocycles. The summed E-state index contributed by atoms with van der Waals surface area (Å²) in [4.78, 5) is 11.3. The Labute approximate surface area is 101 Å². The lowest BCUT2D eigenvalue weighted by molar-refractivity contribution is -0.274. The highest BCUT2D eigenvalue weighted by molar-refractivity contribution is 7.81. The fraction of sp³-hybridized carbons (Fsp3) is 0.300. The summed E-state index contributed by atoms with van der Waals surface area (Å²) in [5, 5.41) is 1.66.